The maximum atomic E-state index is 12.9. The van der Waals surface area contributed by atoms with Crippen molar-refractivity contribution >= 4 is 39.3 Å². The van der Waals surface area contributed by atoms with Crippen molar-refractivity contribution in [2.75, 3.05) is 33.1 Å². The third-order valence-corrected chi connectivity index (χ3v) is 6.94. The van der Waals surface area contributed by atoms with E-state index in [-0.39, 0.29) is 38.8 Å². The van der Waals surface area contributed by atoms with E-state index in [2.05, 4.69) is 5.32 Å². The maximum Gasteiger partial charge on any atom is 0.269 e. The lowest BCUT2D eigenvalue weighted by Crippen LogP contribution is -2.37. The van der Waals surface area contributed by atoms with Crippen LogP contribution in [0.1, 0.15) is 31.1 Å². The van der Waals surface area contributed by atoms with Gasteiger partial charge in [-0.25, -0.2) is 12.7 Å². The highest BCUT2D eigenvalue weighted by molar-refractivity contribution is 7.90. The summed E-state index contributed by atoms with van der Waals surface area (Å²) in [5.41, 5.74) is 0.355. The monoisotopic (exact) mass is 459 g/mol. The van der Waals surface area contributed by atoms with Gasteiger partial charge in [-0.2, -0.15) is 0 Å². The van der Waals surface area contributed by atoms with E-state index in [9.17, 15) is 27.6 Å². The molecule has 0 unspecified atom stereocenters. The molecule has 2 aromatic rings. The van der Waals surface area contributed by atoms with Crippen molar-refractivity contribution in [1.82, 2.24) is 9.21 Å². The van der Waals surface area contributed by atoms with E-state index in [1.54, 1.807) is 0 Å². The van der Waals surface area contributed by atoms with Gasteiger partial charge in [0.25, 0.3) is 27.7 Å². The number of hydrogen-bond donors (Lipinski definition) is 1. The van der Waals surface area contributed by atoms with E-state index in [1.165, 1.54) is 51.6 Å². The van der Waals surface area contributed by atoms with Gasteiger partial charge in [0.1, 0.15) is 11.4 Å². The Balaban J connectivity index is 1.57. The third kappa shape index (κ3) is 3.07. The maximum absolute atomic E-state index is 12.9. The Hall–Kier alpha value is -3.93. The molecule has 0 bridgehead atoms. The number of sulfonamides is 1. The topological polar surface area (TPSA) is 139 Å². The fourth-order valence-corrected chi connectivity index (χ4v) is 5.05. The van der Waals surface area contributed by atoms with E-state index in [0.717, 1.165) is 4.90 Å². The van der Waals surface area contributed by atoms with Crippen molar-refractivity contribution in [3.8, 4) is 11.5 Å². The van der Waals surface area contributed by atoms with Gasteiger partial charge in [-0.3, -0.25) is 24.1 Å². The summed E-state index contributed by atoms with van der Waals surface area (Å²) in [6.45, 7) is -0.787. The van der Waals surface area contributed by atoms with Gasteiger partial charge in [-0.1, -0.05) is 0 Å². The van der Waals surface area contributed by atoms with Crippen LogP contribution in [0.5, 0.6) is 11.5 Å². The Kier molecular flexibility index (Phi) is 4.89. The quantitative estimate of drug-likeness (QED) is 0.645. The first-order chi connectivity index (χ1) is 15.1. The minimum absolute atomic E-state index is 0.117. The fraction of sp³-hybridized carbons (Fsp3) is 0.200. The number of hydrogen-bond acceptors (Lipinski definition) is 8. The number of methoxy groups -OCH3 is 2. The number of carbonyl (C=O) groups excluding carboxylic acids is 4. The molecule has 1 N–H and O–H groups in total. The Labute approximate surface area is 182 Å². The second-order valence-electron chi connectivity index (χ2n) is 7.00. The highest BCUT2D eigenvalue weighted by Gasteiger charge is 2.43. The van der Waals surface area contributed by atoms with Crippen LogP contribution in [0.3, 0.4) is 0 Å². The van der Waals surface area contributed by atoms with Crippen LogP contribution in [0.4, 0.5) is 5.69 Å². The minimum atomic E-state index is -4.29. The summed E-state index contributed by atoms with van der Waals surface area (Å²) in [4.78, 5) is 50.0. The van der Waals surface area contributed by atoms with E-state index >= 15 is 0 Å². The van der Waals surface area contributed by atoms with Crippen LogP contribution in [0.25, 0.3) is 0 Å². The number of ether oxygens (including phenoxy) is 2. The fourth-order valence-electron chi connectivity index (χ4n) is 3.53. The summed E-state index contributed by atoms with van der Waals surface area (Å²) in [5, 5.41) is 2.45. The number of benzene rings is 2. The molecular formula is C20H17N3O8S. The van der Waals surface area contributed by atoms with Gasteiger partial charge in [-0.15, -0.1) is 0 Å². The van der Waals surface area contributed by atoms with Gasteiger partial charge >= 0.3 is 0 Å². The number of nitrogens with one attached hydrogen (secondary N) is 1. The SMILES string of the molecule is COc1cc2c(cc1OC)S(=O)(=O)N(CC(=O)Nc1ccc3c(c1)C(=O)N(C)C3=O)C2=O. The predicted octanol–water partition coefficient (Wildman–Crippen LogP) is 0.713. The molecule has 0 spiro atoms. The average Bonchev–Trinajstić information content (AvgIpc) is 3.09. The Morgan fingerprint density at radius 2 is 1.53 bits per heavy atom. The Morgan fingerprint density at radius 3 is 2.19 bits per heavy atom. The zero-order chi connectivity index (χ0) is 23.4. The number of amides is 4. The first-order valence-corrected chi connectivity index (χ1v) is 10.6. The summed E-state index contributed by atoms with van der Waals surface area (Å²) < 4.78 is 36.4. The number of anilines is 1. The van der Waals surface area contributed by atoms with Crippen LogP contribution in [-0.4, -0.2) is 69.1 Å². The third-order valence-electron chi connectivity index (χ3n) is 5.17. The van der Waals surface area contributed by atoms with Gasteiger partial charge < -0.3 is 14.8 Å². The number of rotatable bonds is 5. The van der Waals surface area contributed by atoms with E-state index < -0.39 is 40.2 Å². The highest BCUT2D eigenvalue weighted by Crippen LogP contribution is 2.38. The number of nitrogens with zero attached hydrogens (tertiary/aromatic N) is 2. The van der Waals surface area contributed by atoms with Crippen LogP contribution in [-0.2, 0) is 14.8 Å². The lowest BCUT2D eigenvalue weighted by atomic mass is 10.1. The number of imide groups is 1. The molecule has 2 aliphatic heterocycles. The molecular weight excluding hydrogens is 442 g/mol. The van der Waals surface area contributed by atoms with Crippen LogP contribution in [0, 0.1) is 0 Å². The van der Waals surface area contributed by atoms with Crippen molar-refractivity contribution in [3.63, 3.8) is 0 Å². The first-order valence-electron chi connectivity index (χ1n) is 9.19. The zero-order valence-corrected chi connectivity index (χ0v) is 18.0. The molecule has 12 heteroatoms. The second-order valence-corrected chi connectivity index (χ2v) is 8.83. The molecule has 11 nitrogen and oxygen atoms in total. The summed E-state index contributed by atoms with van der Waals surface area (Å²) in [6.07, 6.45) is 0. The molecule has 0 saturated carbocycles. The van der Waals surface area contributed by atoms with Gasteiger partial charge in [0.2, 0.25) is 5.91 Å². The predicted molar refractivity (Wildman–Crippen MR) is 109 cm³/mol. The molecule has 166 valence electrons. The normalized spacial score (nSPS) is 16.2. The largest absolute Gasteiger partial charge is 0.493 e. The molecule has 0 radical (unpaired) electrons. The van der Waals surface area contributed by atoms with Crippen LogP contribution in [0.2, 0.25) is 0 Å². The molecule has 2 aromatic carbocycles. The molecule has 32 heavy (non-hydrogen) atoms. The standard InChI is InChI=1S/C20H17N3O8S/c1-22-18(25)11-5-4-10(6-12(11)19(22)26)21-17(24)9-23-20(27)13-7-14(30-2)15(31-3)8-16(13)32(23,28)29/h4-8H,9H2,1-3H3,(H,21,24). The first kappa shape index (κ1) is 21.3. The molecule has 2 heterocycles. The van der Waals surface area contributed by atoms with Crippen molar-refractivity contribution < 1.29 is 37.1 Å². The molecule has 0 atom stereocenters. The van der Waals surface area contributed by atoms with Crippen LogP contribution >= 0.6 is 0 Å². The van der Waals surface area contributed by atoms with E-state index in [4.69, 9.17) is 9.47 Å². The summed E-state index contributed by atoms with van der Waals surface area (Å²) in [6, 6.07) is 6.53. The average molecular weight is 459 g/mol. The number of carbonyl (C=O) groups is 4. The van der Waals surface area contributed by atoms with Crippen molar-refractivity contribution in [3.05, 3.63) is 47.0 Å². The molecule has 0 aromatic heterocycles. The molecule has 0 fully saturated rings. The lowest BCUT2D eigenvalue weighted by Gasteiger charge is -2.15. The van der Waals surface area contributed by atoms with Crippen LogP contribution < -0.4 is 14.8 Å². The summed E-state index contributed by atoms with van der Waals surface area (Å²) >= 11 is 0. The zero-order valence-electron chi connectivity index (χ0n) is 17.2. The van der Waals surface area contributed by atoms with Gasteiger partial charge in [0, 0.05) is 18.8 Å². The van der Waals surface area contributed by atoms with Crippen molar-refractivity contribution in [2.45, 2.75) is 4.90 Å². The van der Waals surface area contributed by atoms with Gasteiger partial charge in [-0.05, 0) is 24.3 Å². The van der Waals surface area contributed by atoms with Gasteiger partial charge in [0.05, 0.1) is 30.9 Å². The molecule has 2 aliphatic rings. The Morgan fingerprint density at radius 1 is 0.906 bits per heavy atom. The summed E-state index contributed by atoms with van der Waals surface area (Å²) in [5.74, 6) is -2.37. The Bertz CT molecular complexity index is 1320. The van der Waals surface area contributed by atoms with Crippen molar-refractivity contribution in [1.29, 1.82) is 0 Å². The van der Waals surface area contributed by atoms with E-state index in [0.29, 0.717) is 4.31 Å². The molecule has 0 saturated heterocycles. The minimum Gasteiger partial charge on any atom is -0.493 e. The molecule has 0 aliphatic carbocycles. The van der Waals surface area contributed by atoms with Gasteiger partial charge in [0.15, 0.2) is 11.5 Å². The summed E-state index contributed by atoms with van der Waals surface area (Å²) in [7, 11) is -0.281. The highest BCUT2D eigenvalue weighted by atomic mass is 32.2. The van der Waals surface area contributed by atoms with E-state index in [1.807, 2.05) is 0 Å². The van der Waals surface area contributed by atoms with Crippen molar-refractivity contribution in [2.24, 2.45) is 0 Å². The lowest BCUT2D eigenvalue weighted by molar-refractivity contribution is -0.116. The van der Waals surface area contributed by atoms with Crippen LogP contribution in [0.15, 0.2) is 35.2 Å². The molecule has 4 amide bonds. The number of fused-ring (bicyclic) bond motifs is 2. The second kappa shape index (κ2) is 7.34. The smallest absolute Gasteiger partial charge is 0.269 e. The molecule has 4 rings (SSSR count).